The zero-order chi connectivity index (χ0) is 13.7. The van der Waals surface area contributed by atoms with Gasteiger partial charge >= 0.3 is 0 Å². The molecule has 0 fully saturated rings. The van der Waals surface area contributed by atoms with Gasteiger partial charge in [-0.2, -0.15) is 0 Å². The van der Waals surface area contributed by atoms with Crippen LogP contribution in [0, 0.1) is 5.82 Å². The summed E-state index contributed by atoms with van der Waals surface area (Å²) in [5, 5.41) is 5.73. The summed E-state index contributed by atoms with van der Waals surface area (Å²) < 4.78 is 13.1. The predicted octanol–water partition coefficient (Wildman–Crippen LogP) is 2.80. The molecule has 3 nitrogen and oxygen atoms in total. The van der Waals surface area contributed by atoms with E-state index in [1.165, 1.54) is 12.1 Å². The number of rotatable bonds is 4. The highest BCUT2D eigenvalue weighted by atomic mass is 19.1. The monoisotopic (exact) mass is 258 g/mol. The summed E-state index contributed by atoms with van der Waals surface area (Å²) in [6.45, 7) is 0.464. The summed E-state index contributed by atoms with van der Waals surface area (Å²) in [4.78, 5) is 11.7. The Balaban J connectivity index is 2.13. The van der Waals surface area contributed by atoms with Gasteiger partial charge in [0, 0.05) is 19.3 Å². The van der Waals surface area contributed by atoms with Crippen LogP contribution in [0.25, 0.3) is 0 Å². The van der Waals surface area contributed by atoms with E-state index in [0.717, 1.165) is 11.3 Å². The lowest BCUT2D eigenvalue weighted by Gasteiger charge is -2.11. The minimum absolute atomic E-state index is 0.151. The van der Waals surface area contributed by atoms with Gasteiger partial charge in [-0.15, -0.1) is 0 Å². The molecule has 0 aliphatic carbocycles. The van der Waals surface area contributed by atoms with E-state index in [2.05, 4.69) is 10.6 Å². The van der Waals surface area contributed by atoms with Crippen LogP contribution in [0.1, 0.15) is 15.9 Å². The molecule has 0 spiro atoms. The average Bonchev–Trinajstić information content (AvgIpc) is 2.45. The second kappa shape index (κ2) is 6.00. The fraction of sp³-hybridized carbons (Fsp3) is 0.133. The highest BCUT2D eigenvalue weighted by Crippen LogP contribution is 2.16. The molecular formula is C15H15FN2O. The summed E-state index contributed by atoms with van der Waals surface area (Å²) in [6.07, 6.45) is 0. The van der Waals surface area contributed by atoms with Crippen molar-refractivity contribution in [2.45, 2.75) is 6.54 Å². The van der Waals surface area contributed by atoms with E-state index in [4.69, 9.17) is 0 Å². The molecule has 4 heteroatoms. The van der Waals surface area contributed by atoms with Gasteiger partial charge in [0.25, 0.3) is 5.91 Å². The third-order valence-electron chi connectivity index (χ3n) is 2.77. The molecule has 0 aliphatic heterocycles. The number of hydrogen-bond acceptors (Lipinski definition) is 2. The van der Waals surface area contributed by atoms with Gasteiger partial charge in [-0.25, -0.2) is 4.39 Å². The van der Waals surface area contributed by atoms with Gasteiger partial charge in [-0.05, 0) is 29.8 Å². The van der Waals surface area contributed by atoms with Crippen molar-refractivity contribution in [1.82, 2.24) is 5.32 Å². The number of carbonyl (C=O) groups excluding carboxylic acids is 1. The molecule has 1 amide bonds. The molecule has 0 bridgehead atoms. The van der Waals surface area contributed by atoms with Crippen molar-refractivity contribution in [2.24, 2.45) is 0 Å². The van der Waals surface area contributed by atoms with E-state index in [-0.39, 0.29) is 11.7 Å². The van der Waals surface area contributed by atoms with Gasteiger partial charge in [0.15, 0.2) is 0 Å². The molecule has 0 radical (unpaired) electrons. The molecule has 0 aromatic heterocycles. The molecule has 0 atom stereocenters. The quantitative estimate of drug-likeness (QED) is 0.885. The molecule has 0 unspecified atom stereocenters. The van der Waals surface area contributed by atoms with E-state index in [1.54, 1.807) is 25.2 Å². The molecule has 2 aromatic rings. The first-order chi connectivity index (χ1) is 9.20. The van der Waals surface area contributed by atoms with E-state index in [9.17, 15) is 9.18 Å². The fourth-order valence-electron chi connectivity index (χ4n) is 1.81. The molecule has 19 heavy (non-hydrogen) atoms. The van der Waals surface area contributed by atoms with Crippen LogP contribution in [-0.2, 0) is 6.54 Å². The number of carbonyl (C=O) groups is 1. The van der Waals surface area contributed by atoms with Crippen molar-refractivity contribution in [1.29, 1.82) is 0 Å². The molecule has 2 aromatic carbocycles. The summed E-state index contributed by atoms with van der Waals surface area (Å²) in [6, 6.07) is 13.6. The lowest BCUT2D eigenvalue weighted by atomic mass is 10.1. The van der Waals surface area contributed by atoms with Gasteiger partial charge in [0.2, 0.25) is 0 Å². The highest BCUT2D eigenvalue weighted by Gasteiger charge is 2.08. The maximum absolute atomic E-state index is 13.1. The second-order valence-corrected chi connectivity index (χ2v) is 4.11. The van der Waals surface area contributed by atoms with E-state index < -0.39 is 0 Å². The van der Waals surface area contributed by atoms with Crippen molar-refractivity contribution in [3.05, 3.63) is 65.5 Å². The van der Waals surface area contributed by atoms with Crippen LogP contribution in [0.4, 0.5) is 10.1 Å². The number of halogens is 1. The molecule has 0 aliphatic rings. The molecule has 0 heterocycles. The first-order valence-electron chi connectivity index (χ1n) is 6.00. The number of anilines is 1. The fourth-order valence-corrected chi connectivity index (χ4v) is 1.81. The summed E-state index contributed by atoms with van der Waals surface area (Å²) in [5.41, 5.74) is 2.12. The number of nitrogens with one attached hydrogen (secondary N) is 2. The maximum atomic E-state index is 13.1. The van der Waals surface area contributed by atoms with Gasteiger partial charge in [-0.1, -0.05) is 24.3 Å². The number of para-hydroxylation sites is 1. The zero-order valence-corrected chi connectivity index (χ0v) is 10.6. The Morgan fingerprint density at radius 1 is 1.16 bits per heavy atom. The average molecular weight is 258 g/mol. The van der Waals surface area contributed by atoms with Gasteiger partial charge in [0.05, 0.1) is 5.56 Å². The Morgan fingerprint density at radius 3 is 2.68 bits per heavy atom. The van der Waals surface area contributed by atoms with Crippen LogP contribution < -0.4 is 10.6 Å². The first-order valence-corrected chi connectivity index (χ1v) is 6.00. The van der Waals surface area contributed by atoms with Crippen LogP contribution in [-0.4, -0.2) is 13.0 Å². The summed E-state index contributed by atoms with van der Waals surface area (Å²) in [5.74, 6) is -0.416. The van der Waals surface area contributed by atoms with Gasteiger partial charge < -0.3 is 10.6 Å². The lowest BCUT2D eigenvalue weighted by Crippen LogP contribution is -2.19. The standard InChI is InChI=1S/C15H15FN2O/c1-17-15(19)13-7-2-3-8-14(13)18-10-11-5-4-6-12(16)9-11/h2-9,18H,10H2,1H3,(H,17,19). The van der Waals surface area contributed by atoms with Gasteiger partial charge in [-0.3, -0.25) is 4.79 Å². The van der Waals surface area contributed by atoms with E-state index >= 15 is 0 Å². The van der Waals surface area contributed by atoms with Crippen LogP contribution in [0.15, 0.2) is 48.5 Å². The van der Waals surface area contributed by atoms with Crippen molar-refractivity contribution >= 4 is 11.6 Å². The van der Waals surface area contributed by atoms with Crippen molar-refractivity contribution in [3.63, 3.8) is 0 Å². The predicted molar refractivity (Wildman–Crippen MR) is 73.6 cm³/mol. The van der Waals surface area contributed by atoms with Gasteiger partial charge in [0.1, 0.15) is 5.82 Å². The smallest absolute Gasteiger partial charge is 0.253 e. The topological polar surface area (TPSA) is 41.1 Å². The number of amides is 1. The number of hydrogen-bond donors (Lipinski definition) is 2. The SMILES string of the molecule is CNC(=O)c1ccccc1NCc1cccc(F)c1. The van der Waals surface area contributed by atoms with Crippen LogP contribution in [0.2, 0.25) is 0 Å². The minimum Gasteiger partial charge on any atom is -0.380 e. The van der Waals surface area contributed by atoms with Crippen LogP contribution >= 0.6 is 0 Å². The Morgan fingerprint density at radius 2 is 1.95 bits per heavy atom. The summed E-state index contributed by atoms with van der Waals surface area (Å²) in [7, 11) is 1.59. The van der Waals surface area contributed by atoms with E-state index in [1.807, 2.05) is 18.2 Å². The minimum atomic E-state index is -0.265. The third kappa shape index (κ3) is 3.31. The summed E-state index contributed by atoms with van der Waals surface area (Å²) >= 11 is 0. The van der Waals surface area contributed by atoms with Crippen LogP contribution in [0.5, 0.6) is 0 Å². The Labute approximate surface area is 111 Å². The molecular weight excluding hydrogens is 243 g/mol. The molecule has 0 saturated heterocycles. The molecule has 2 rings (SSSR count). The van der Waals surface area contributed by atoms with E-state index in [0.29, 0.717) is 12.1 Å². The second-order valence-electron chi connectivity index (χ2n) is 4.11. The van der Waals surface area contributed by atoms with Crippen LogP contribution in [0.3, 0.4) is 0 Å². The lowest BCUT2D eigenvalue weighted by molar-refractivity contribution is 0.0964. The third-order valence-corrected chi connectivity index (χ3v) is 2.77. The molecule has 0 saturated carbocycles. The normalized spacial score (nSPS) is 10.0. The Bertz CT molecular complexity index is 584. The van der Waals surface area contributed by atoms with Crippen molar-refractivity contribution in [2.75, 3.05) is 12.4 Å². The van der Waals surface area contributed by atoms with Crippen molar-refractivity contribution < 1.29 is 9.18 Å². The first kappa shape index (κ1) is 13.1. The highest BCUT2D eigenvalue weighted by molar-refractivity contribution is 5.99. The van der Waals surface area contributed by atoms with Crippen molar-refractivity contribution in [3.8, 4) is 0 Å². The largest absolute Gasteiger partial charge is 0.380 e. The zero-order valence-electron chi connectivity index (χ0n) is 10.6. The maximum Gasteiger partial charge on any atom is 0.253 e. The molecule has 2 N–H and O–H groups in total. The Hall–Kier alpha value is -2.36. The molecule has 98 valence electrons. The Kier molecular flexibility index (Phi) is 4.13. The number of benzene rings is 2.